The third kappa shape index (κ3) is 4.08. The van der Waals surface area contributed by atoms with Gasteiger partial charge >= 0.3 is 0 Å². The van der Waals surface area contributed by atoms with E-state index >= 15 is 0 Å². The lowest BCUT2D eigenvalue weighted by Gasteiger charge is -1.99. The molecular weight excluding hydrogens is 102 g/mol. The van der Waals surface area contributed by atoms with Crippen molar-refractivity contribution >= 4 is 8.41 Å². The summed E-state index contributed by atoms with van der Waals surface area (Å²) in [6.07, 6.45) is -0.757. The Morgan fingerprint density at radius 3 is 1.67 bits per heavy atom. The van der Waals surface area contributed by atoms with Crippen LogP contribution in [0.1, 0.15) is 0 Å². The maximum atomic E-state index is 11.9. The third-order valence-electron chi connectivity index (χ3n) is 0.318. The Hall–Kier alpha value is 0.0769. The molecule has 6 heavy (non-hydrogen) atoms. The maximum absolute atomic E-state index is 11.9. The van der Waals surface area contributed by atoms with Gasteiger partial charge in [0.1, 0.15) is 6.30 Å². The van der Waals surface area contributed by atoms with Crippen LogP contribution in [0.5, 0.6) is 0 Å². The zero-order chi connectivity index (χ0) is 5.21. The Morgan fingerprint density at radius 1 is 1.50 bits per heavy atom. The van der Waals surface area contributed by atoms with Gasteiger partial charge in [0.2, 0.25) is 0 Å². The molecule has 0 bridgehead atoms. The lowest BCUT2D eigenvalue weighted by molar-refractivity contribution is 0.552. The topological polar surface area (TPSA) is 0 Å². The molecule has 0 unspecified atom stereocenters. The Balaban J connectivity index is 3.17. The zero-order valence-electron chi connectivity index (χ0n) is 3.96. The van der Waals surface area contributed by atoms with Crippen LogP contribution < -0.4 is 0 Å². The highest BCUT2D eigenvalue weighted by Crippen LogP contribution is 2.01. The lowest BCUT2D eigenvalue weighted by Crippen LogP contribution is -2.20. The molecule has 0 spiro atoms. The van der Waals surface area contributed by atoms with Crippen molar-refractivity contribution in [1.82, 2.24) is 0 Å². The van der Waals surface area contributed by atoms with E-state index in [1.165, 1.54) is 13.1 Å². The summed E-state index contributed by atoms with van der Waals surface area (Å²) in [7, 11) is -2.80. The SMILES string of the molecule is C[Si](C)(F)CF. The summed E-state index contributed by atoms with van der Waals surface area (Å²) in [6, 6.07) is 0. The highest BCUT2D eigenvalue weighted by atomic mass is 28.4. The molecule has 0 saturated carbocycles. The van der Waals surface area contributed by atoms with Crippen molar-refractivity contribution in [2.24, 2.45) is 0 Å². The Labute approximate surface area is 37.4 Å². The molecule has 0 rings (SSSR count). The van der Waals surface area contributed by atoms with E-state index in [9.17, 15) is 8.50 Å². The third-order valence-corrected chi connectivity index (χ3v) is 0.953. The molecule has 38 valence electrons. The van der Waals surface area contributed by atoms with Crippen LogP contribution in [0.3, 0.4) is 0 Å². The molecule has 0 atom stereocenters. The zero-order valence-corrected chi connectivity index (χ0v) is 4.96. The van der Waals surface area contributed by atoms with Crippen LogP contribution in [0.25, 0.3) is 0 Å². The van der Waals surface area contributed by atoms with Crippen molar-refractivity contribution in [2.75, 3.05) is 6.30 Å². The molecule has 0 aliphatic carbocycles. The van der Waals surface area contributed by atoms with Crippen molar-refractivity contribution < 1.29 is 8.50 Å². The number of rotatable bonds is 1. The highest BCUT2D eigenvalue weighted by molar-refractivity contribution is 6.70. The fourth-order valence-electron chi connectivity index (χ4n) is 0. The van der Waals surface area contributed by atoms with Gasteiger partial charge in [-0.1, -0.05) is 0 Å². The van der Waals surface area contributed by atoms with Crippen molar-refractivity contribution in [2.45, 2.75) is 13.1 Å². The molecule has 0 radical (unpaired) electrons. The Morgan fingerprint density at radius 2 is 1.67 bits per heavy atom. The molecule has 0 amide bonds. The van der Waals surface area contributed by atoms with E-state index in [0.29, 0.717) is 0 Å². The molecule has 3 heteroatoms. The molecule has 0 aromatic carbocycles. The van der Waals surface area contributed by atoms with Crippen LogP contribution in [0.2, 0.25) is 13.1 Å². The standard InChI is InChI=1S/C3H8F2Si/c1-6(2,5)3-4/h3H2,1-2H3. The van der Waals surface area contributed by atoms with Crippen molar-refractivity contribution in [3.8, 4) is 0 Å². The predicted octanol–water partition coefficient (Wildman–Crippen LogP) is 1.67. The molecule has 0 N–H and O–H groups in total. The predicted molar refractivity (Wildman–Crippen MR) is 24.6 cm³/mol. The normalized spacial score (nSPS) is 12.0. The van der Waals surface area contributed by atoms with Gasteiger partial charge in [0.25, 0.3) is 8.41 Å². The van der Waals surface area contributed by atoms with Gasteiger partial charge in [-0.25, -0.2) is 0 Å². The van der Waals surface area contributed by atoms with Crippen molar-refractivity contribution in [3.05, 3.63) is 0 Å². The van der Waals surface area contributed by atoms with E-state index in [1.807, 2.05) is 0 Å². The largest absolute Gasteiger partial charge is 0.312 e. The molecule has 0 aliphatic rings. The first-order valence-electron chi connectivity index (χ1n) is 1.81. The van der Waals surface area contributed by atoms with E-state index in [1.54, 1.807) is 0 Å². The van der Waals surface area contributed by atoms with E-state index < -0.39 is 14.7 Å². The van der Waals surface area contributed by atoms with Crippen LogP contribution in [0.15, 0.2) is 0 Å². The van der Waals surface area contributed by atoms with Gasteiger partial charge in [0.05, 0.1) is 0 Å². The van der Waals surface area contributed by atoms with Crippen LogP contribution in [-0.2, 0) is 0 Å². The number of halogens is 2. The smallest absolute Gasteiger partial charge is 0.271 e. The summed E-state index contributed by atoms with van der Waals surface area (Å²) in [6.45, 7) is 2.68. The van der Waals surface area contributed by atoms with Gasteiger partial charge in [0.15, 0.2) is 0 Å². The molecule has 0 nitrogen and oxygen atoms in total. The van der Waals surface area contributed by atoms with Crippen LogP contribution in [0, 0.1) is 0 Å². The number of hydrogen-bond donors (Lipinski definition) is 0. The van der Waals surface area contributed by atoms with Crippen LogP contribution >= 0.6 is 0 Å². The molecule has 0 fully saturated rings. The van der Waals surface area contributed by atoms with Crippen molar-refractivity contribution in [3.63, 3.8) is 0 Å². The second-order valence-electron chi connectivity index (χ2n) is 1.85. The van der Waals surface area contributed by atoms with Gasteiger partial charge in [-0.3, -0.25) is 4.39 Å². The van der Waals surface area contributed by atoms with Gasteiger partial charge in [-0.05, 0) is 13.1 Å². The van der Waals surface area contributed by atoms with E-state index in [2.05, 4.69) is 0 Å². The molecule has 0 aromatic heterocycles. The quantitative estimate of drug-likeness (QED) is 0.356. The Kier molecular flexibility index (Phi) is 1.71. The van der Waals surface area contributed by atoms with Gasteiger partial charge in [-0.2, -0.15) is 0 Å². The van der Waals surface area contributed by atoms with Gasteiger partial charge in [-0.15, -0.1) is 0 Å². The number of alkyl halides is 1. The first-order chi connectivity index (χ1) is 2.56. The second-order valence-corrected chi connectivity index (χ2v) is 5.56. The van der Waals surface area contributed by atoms with Crippen LogP contribution in [0.4, 0.5) is 8.50 Å². The van der Waals surface area contributed by atoms with Gasteiger partial charge < -0.3 is 4.11 Å². The average molecular weight is 110 g/mol. The molecule has 0 saturated heterocycles. The number of hydrogen-bond acceptors (Lipinski definition) is 0. The minimum atomic E-state index is -2.80. The van der Waals surface area contributed by atoms with E-state index in [-0.39, 0.29) is 0 Å². The summed E-state index contributed by atoms with van der Waals surface area (Å²) >= 11 is 0. The average Bonchev–Trinajstić information content (AvgIpc) is 1.35. The Bertz CT molecular complexity index is 38.5. The lowest BCUT2D eigenvalue weighted by atomic mass is 11.8. The molecule has 0 heterocycles. The summed E-state index contributed by atoms with van der Waals surface area (Å²) in [5, 5.41) is 0. The first kappa shape index (κ1) is 6.08. The molecule has 0 aliphatic heterocycles. The maximum Gasteiger partial charge on any atom is 0.271 e. The fraction of sp³-hybridized carbons (Fsp3) is 1.00. The summed E-state index contributed by atoms with van der Waals surface area (Å²) in [4.78, 5) is 0. The summed E-state index contributed by atoms with van der Waals surface area (Å²) < 4.78 is 23.1. The molecule has 0 aromatic rings. The second kappa shape index (κ2) is 1.68. The molecular formula is C3H8F2Si. The first-order valence-corrected chi connectivity index (χ1v) is 4.89. The van der Waals surface area contributed by atoms with E-state index in [0.717, 1.165) is 0 Å². The fourth-order valence-corrected chi connectivity index (χ4v) is 0. The summed E-state index contributed by atoms with van der Waals surface area (Å²) in [5.74, 6) is 0. The monoisotopic (exact) mass is 110 g/mol. The van der Waals surface area contributed by atoms with Crippen molar-refractivity contribution in [1.29, 1.82) is 0 Å². The van der Waals surface area contributed by atoms with Gasteiger partial charge in [0, 0.05) is 0 Å². The summed E-state index contributed by atoms with van der Waals surface area (Å²) in [5.41, 5.74) is 0. The minimum absolute atomic E-state index is 0.757. The minimum Gasteiger partial charge on any atom is -0.312 e. The van der Waals surface area contributed by atoms with E-state index in [4.69, 9.17) is 0 Å². The highest BCUT2D eigenvalue weighted by Gasteiger charge is 2.18. The van der Waals surface area contributed by atoms with Crippen LogP contribution in [-0.4, -0.2) is 14.7 Å².